The number of hydrogen-bond donors (Lipinski definition) is 0. The number of aryl methyl sites for hydroxylation is 1. The van der Waals surface area contributed by atoms with Gasteiger partial charge in [-0.25, -0.2) is 4.18 Å². The predicted molar refractivity (Wildman–Crippen MR) is 98.1 cm³/mol. The molecule has 0 heterocycles. The van der Waals surface area contributed by atoms with Gasteiger partial charge in [-0.05, 0) is 47.5 Å². The van der Waals surface area contributed by atoms with Crippen molar-refractivity contribution in [2.75, 3.05) is 0 Å². The van der Waals surface area contributed by atoms with E-state index in [2.05, 4.69) is 0 Å². The average molecular weight is 356 g/mol. The Morgan fingerprint density at radius 2 is 1.68 bits per heavy atom. The molecular formula is C20H20O4S. The second-order valence-corrected chi connectivity index (χ2v) is 7.40. The van der Waals surface area contributed by atoms with Crippen LogP contribution in [0.4, 0.5) is 0 Å². The zero-order chi connectivity index (χ0) is 17.9. The Bertz CT molecular complexity index is 980. The molecule has 1 unspecified atom stereocenters. The summed E-state index contributed by atoms with van der Waals surface area (Å²) in [6.07, 6.45) is -0.482. The highest BCUT2D eigenvalue weighted by Gasteiger charge is 2.22. The van der Waals surface area contributed by atoms with E-state index in [0.29, 0.717) is 12.2 Å². The first-order valence-corrected chi connectivity index (χ1v) is 9.54. The van der Waals surface area contributed by atoms with Gasteiger partial charge in [-0.15, -0.1) is 0 Å². The molecule has 130 valence electrons. The molecule has 0 aromatic heterocycles. The van der Waals surface area contributed by atoms with Crippen LogP contribution in [0, 0.1) is 6.92 Å². The molecule has 0 spiro atoms. The van der Waals surface area contributed by atoms with Crippen LogP contribution in [0.5, 0.6) is 5.75 Å². The minimum Gasteiger partial charge on any atom is -0.464 e. The molecule has 0 saturated carbocycles. The van der Waals surface area contributed by atoms with Crippen LogP contribution in [-0.2, 0) is 14.3 Å². The lowest BCUT2D eigenvalue weighted by Gasteiger charge is -2.18. The summed E-state index contributed by atoms with van der Waals surface area (Å²) < 4.78 is 36.0. The molecule has 0 fully saturated rings. The number of hydrogen-bond acceptors (Lipinski definition) is 4. The van der Waals surface area contributed by atoms with Crippen LogP contribution >= 0.6 is 0 Å². The summed E-state index contributed by atoms with van der Waals surface area (Å²) in [6.45, 7) is 3.65. The monoisotopic (exact) mass is 356 g/mol. The van der Waals surface area contributed by atoms with Gasteiger partial charge in [-0.1, -0.05) is 49.4 Å². The number of fused-ring (bicyclic) bond motifs is 1. The van der Waals surface area contributed by atoms with Crippen LogP contribution < -0.4 is 4.74 Å². The molecule has 1 atom stereocenters. The van der Waals surface area contributed by atoms with Crippen molar-refractivity contribution >= 4 is 20.9 Å². The van der Waals surface area contributed by atoms with E-state index in [0.717, 1.165) is 16.3 Å². The third-order valence-electron chi connectivity index (χ3n) is 3.83. The summed E-state index contributed by atoms with van der Waals surface area (Å²) in [5.41, 5.74) is 0.855. The SMILES string of the molecule is CCC(Oc1ccc2ccccc2c1)OS(=O)(=O)c1cccc(C)c1. The fraction of sp³-hybridized carbons (Fsp3) is 0.200. The molecule has 0 radical (unpaired) electrons. The second kappa shape index (κ2) is 7.25. The van der Waals surface area contributed by atoms with Gasteiger partial charge in [0.15, 0.2) is 0 Å². The van der Waals surface area contributed by atoms with E-state index < -0.39 is 16.4 Å². The molecule has 0 aliphatic heterocycles. The van der Waals surface area contributed by atoms with Gasteiger partial charge < -0.3 is 4.74 Å². The van der Waals surface area contributed by atoms with Crippen molar-refractivity contribution in [3.8, 4) is 5.75 Å². The summed E-state index contributed by atoms with van der Waals surface area (Å²) in [5, 5.41) is 2.12. The van der Waals surface area contributed by atoms with Gasteiger partial charge >= 0.3 is 0 Å². The molecular weight excluding hydrogens is 336 g/mol. The quantitative estimate of drug-likeness (QED) is 0.476. The molecule has 0 N–H and O–H groups in total. The maximum atomic E-state index is 12.5. The molecule has 25 heavy (non-hydrogen) atoms. The van der Waals surface area contributed by atoms with Gasteiger partial charge in [0.1, 0.15) is 5.75 Å². The molecule has 4 nitrogen and oxygen atoms in total. The maximum absolute atomic E-state index is 12.5. The van der Waals surface area contributed by atoms with Crippen molar-refractivity contribution < 1.29 is 17.3 Å². The first kappa shape index (κ1) is 17.5. The molecule has 0 saturated heterocycles. The molecule has 3 aromatic rings. The highest BCUT2D eigenvalue weighted by atomic mass is 32.2. The average Bonchev–Trinajstić information content (AvgIpc) is 2.61. The van der Waals surface area contributed by atoms with Crippen molar-refractivity contribution in [1.29, 1.82) is 0 Å². The second-order valence-electron chi connectivity index (χ2n) is 5.83. The summed E-state index contributed by atoms with van der Waals surface area (Å²) in [6, 6.07) is 20.2. The first-order valence-electron chi connectivity index (χ1n) is 8.13. The normalized spacial score (nSPS) is 12.9. The Hall–Kier alpha value is -2.37. The van der Waals surface area contributed by atoms with Crippen LogP contribution in [0.3, 0.4) is 0 Å². The standard InChI is InChI=1S/C20H20O4S/c1-3-20(24-25(21,22)19-10-6-7-15(2)13-19)23-18-12-11-16-8-4-5-9-17(16)14-18/h4-14,20H,3H2,1-2H3. The summed E-state index contributed by atoms with van der Waals surface area (Å²) >= 11 is 0. The fourth-order valence-corrected chi connectivity index (χ4v) is 3.68. The third kappa shape index (κ3) is 4.18. The van der Waals surface area contributed by atoms with Gasteiger partial charge in [0.05, 0.1) is 4.90 Å². The fourth-order valence-electron chi connectivity index (χ4n) is 2.53. The minimum absolute atomic E-state index is 0.132. The van der Waals surface area contributed by atoms with Crippen LogP contribution in [0.15, 0.2) is 71.6 Å². The Balaban J connectivity index is 1.79. The highest BCUT2D eigenvalue weighted by molar-refractivity contribution is 7.86. The van der Waals surface area contributed by atoms with Gasteiger partial charge in [0.25, 0.3) is 10.1 Å². The zero-order valence-corrected chi connectivity index (χ0v) is 15.0. The number of benzene rings is 3. The molecule has 0 aliphatic carbocycles. The van der Waals surface area contributed by atoms with Crippen LogP contribution in [0.2, 0.25) is 0 Å². The first-order chi connectivity index (χ1) is 12.0. The summed E-state index contributed by atoms with van der Waals surface area (Å²) in [5.74, 6) is 0.574. The molecule has 0 aliphatic rings. The summed E-state index contributed by atoms with van der Waals surface area (Å²) in [7, 11) is -3.88. The van der Waals surface area contributed by atoms with E-state index in [4.69, 9.17) is 8.92 Å². The van der Waals surface area contributed by atoms with E-state index in [1.165, 1.54) is 6.07 Å². The predicted octanol–water partition coefficient (Wildman–Crippen LogP) is 4.67. The van der Waals surface area contributed by atoms with Crippen LogP contribution in [0.25, 0.3) is 10.8 Å². The van der Waals surface area contributed by atoms with Crippen LogP contribution in [0.1, 0.15) is 18.9 Å². The lowest BCUT2D eigenvalue weighted by atomic mass is 10.1. The summed E-state index contributed by atoms with van der Waals surface area (Å²) in [4.78, 5) is 0.132. The Kier molecular flexibility index (Phi) is 5.06. The smallest absolute Gasteiger partial charge is 0.300 e. The van der Waals surface area contributed by atoms with Crippen LogP contribution in [-0.4, -0.2) is 14.7 Å². The van der Waals surface area contributed by atoms with Crippen molar-refractivity contribution in [3.05, 3.63) is 72.3 Å². The van der Waals surface area contributed by atoms with E-state index in [1.54, 1.807) is 12.1 Å². The van der Waals surface area contributed by atoms with Gasteiger partial charge in [0, 0.05) is 6.42 Å². The van der Waals surface area contributed by atoms with Crippen molar-refractivity contribution in [1.82, 2.24) is 0 Å². The largest absolute Gasteiger partial charge is 0.464 e. The molecule has 5 heteroatoms. The topological polar surface area (TPSA) is 52.6 Å². The lowest BCUT2D eigenvalue weighted by Crippen LogP contribution is -2.23. The van der Waals surface area contributed by atoms with Gasteiger partial charge in [-0.3, -0.25) is 0 Å². The van der Waals surface area contributed by atoms with Crippen molar-refractivity contribution in [2.45, 2.75) is 31.5 Å². The van der Waals surface area contributed by atoms with Crippen molar-refractivity contribution in [2.24, 2.45) is 0 Å². The Morgan fingerprint density at radius 1 is 0.920 bits per heavy atom. The maximum Gasteiger partial charge on any atom is 0.300 e. The number of rotatable bonds is 6. The zero-order valence-electron chi connectivity index (χ0n) is 14.2. The van der Waals surface area contributed by atoms with E-state index in [-0.39, 0.29) is 4.90 Å². The highest BCUT2D eigenvalue weighted by Crippen LogP contribution is 2.24. The Labute approximate surface area is 148 Å². The molecule has 0 amide bonds. The minimum atomic E-state index is -3.88. The van der Waals surface area contributed by atoms with E-state index in [1.807, 2.05) is 62.4 Å². The molecule has 0 bridgehead atoms. The lowest BCUT2D eigenvalue weighted by molar-refractivity contribution is 0.00903. The van der Waals surface area contributed by atoms with E-state index in [9.17, 15) is 8.42 Å². The van der Waals surface area contributed by atoms with E-state index >= 15 is 0 Å². The van der Waals surface area contributed by atoms with Crippen molar-refractivity contribution in [3.63, 3.8) is 0 Å². The van der Waals surface area contributed by atoms with Gasteiger partial charge in [0.2, 0.25) is 6.29 Å². The Morgan fingerprint density at radius 3 is 2.40 bits per heavy atom. The molecule has 3 rings (SSSR count). The number of ether oxygens (including phenoxy) is 1. The molecule has 3 aromatic carbocycles. The third-order valence-corrected chi connectivity index (χ3v) is 5.13. The van der Waals surface area contributed by atoms with Gasteiger partial charge in [-0.2, -0.15) is 8.42 Å².